The lowest BCUT2D eigenvalue weighted by atomic mass is 10.2. The highest BCUT2D eigenvalue weighted by atomic mass is 32.1. The monoisotopic (exact) mass is 284 g/mol. The van der Waals surface area contributed by atoms with Crippen LogP contribution in [0.5, 0.6) is 0 Å². The van der Waals surface area contributed by atoms with Crippen molar-refractivity contribution in [1.29, 1.82) is 0 Å². The molecule has 19 heavy (non-hydrogen) atoms. The Bertz CT molecular complexity index is 420. The first-order valence-electron chi connectivity index (χ1n) is 6.27. The Labute approximate surface area is 117 Å². The van der Waals surface area contributed by atoms with Gasteiger partial charge in [0.1, 0.15) is 0 Å². The Hall–Kier alpha value is -1.56. The van der Waals surface area contributed by atoms with Gasteiger partial charge in [0.05, 0.1) is 12.0 Å². The lowest BCUT2D eigenvalue weighted by Gasteiger charge is -2.25. The maximum Gasteiger partial charge on any atom is 0.317 e. The number of rotatable bonds is 6. The fourth-order valence-electron chi connectivity index (χ4n) is 1.65. The van der Waals surface area contributed by atoms with Crippen LogP contribution in [0.25, 0.3) is 0 Å². The lowest BCUT2D eigenvalue weighted by molar-refractivity contribution is -0.141. The quantitative estimate of drug-likeness (QED) is 0.843. The molecule has 0 aromatic carbocycles. The molecule has 0 fully saturated rings. The van der Waals surface area contributed by atoms with Gasteiger partial charge < -0.3 is 15.3 Å². The van der Waals surface area contributed by atoms with Gasteiger partial charge in [-0.1, -0.05) is 13.0 Å². The molecule has 0 aliphatic heterocycles. The molecule has 5 nitrogen and oxygen atoms in total. The summed E-state index contributed by atoms with van der Waals surface area (Å²) in [5, 5.41) is 13.7. The van der Waals surface area contributed by atoms with Crippen molar-refractivity contribution in [2.45, 2.75) is 26.8 Å². The van der Waals surface area contributed by atoms with E-state index in [0.29, 0.717) is 6.54 Å². The molecule has 6 heteroatoms. The van der Waals surface area contributed by atoms with Gasteiger partial charge in [-0.25, -0.2) is 4.79 Å². The van der Waals surface area contributed by atoms with Crippen molar-refractivity contribution in [3.05, 3.63) is 22.4 Å². The minimum atomic E-state index is -0.891. The van der Waals surface area contributed by atoms with Crippen molar-refractivity contribution in [1.82, 2.24) is 10.2 Å². The molecular weight excluding hydrogens is 264 g/mol. The van der Waals surface area contributed by atoms with Crippen LogP contribution in [0.1, 0.15) is 31.7 Å². The zero-order valence-corrected chi connectivity index (χ0v) is 12.2. The van der Waals surface area contributed by atoms with Crippen LogP contribution in [0.2, 0.25) is 0 Å². The van der Waals surface area contributed by atoms with E-state index in [1.54, 1.807) is 18.3 Å². The van der Waals surface area contributed by atoms with Crippen molar-refractivity contribution in [3.8, 4) is 0 Å². The predicted octanol–water partition coefficient (Wildman–Crippen LogP) is 2.56. The van der Waals surface area contributed by atoms with Gasteiger partial charge in [-0.05, 0) is 25.3 Å². The number of nitrogens with one attached hydrogen (secondary N) is 1. The lowest BCUT2D eigenvalue weighted by Crippen LogP contribution is -2.43. The topological polar surface area (TPSA) is 69.6 Å². The van der Waals surface area contributed by atoms with E-state index in [2.05, 4.69) is 5.32 Å². The summed E-state index contributed by atoms with van der Waals surface area (Å²) in [6.07, 6.45) is 0. The summed E-state index contributed by atoms with van der Waals surface area (Å²) in [5.74, 6) is -1.46. The molecule has 2 unspecified atom stereocenters. The van der Waals surface area contributed by atoms with E-state index >= 15 is 0 Å². The summed E-state index contributed by atoms with van der Waals surface area (Å²) >= 11 is 1.58. The van der Waals surface area contributed by atoms with Crippen molar-refractivity contribution < 1.29 is 14.7 Å². The van der Waals surface area contributed by atoms with Gasteiger partial charge in [-0.2, -0.15) is 0 Å². The Balaban J connectivity index is 2.56. The fourth-order valence-corrected chi connectivity index (χ4v) is 2.38. The van der Waals surface area contributed by atoms with E-state index in [0.717, 1.165) is 4.88 Å². The summed E-state index contributed by atoms with van der Waals surface area (Å²) in [4.78, 5) is 25.5. The normalized spacial score (nSPS) is 13.6. The number of carbonyl (C=O) groups excluding carboxylic acids is 1. The SMILES string of the molecule is CCN(CC(C)C(=O)O)C(=O)NC(C)c1cccs1. The van der Waals surface area contributed by atoms with Crippen molar-refractivity contribution in [2.24, 2.45) is 5.92 Å². The molecule has 2 N–H and O–H groups in total. The van der Waals surface area contributed by atoms with Crippen LogP contribution in [0.4, 0.5) is 4.79 Å². The number of carbonyl (C=O) groups is 2. The first-order valence-corrected chi connectivity index (χ1v) is 7.15. The summed E-state index contributed by atoms with van der Waals surface area (Å²) in [7, 11) is 0. The van der Waals surface area contributed by atoms with E-state index in [1.807, 2.05) is 31.4 Å². The van der Waals surface area contributed by atoms with Crippen molar-refractivity contribution in [3.63, 3.8) is 0 Å². The number of urea groups is 1. The molecule has 0 spiro atoms. The standard InChI is InChI=1S/C13H20N2O3S/c1-4-15(8-9(2)12(16)17)13(18)14-10(3)11-6-5-7-19-11/h5-7,9-10H,4,8H2,1-3H3,(H,14,18)(H,16,17). The van der Waals surface area contributed by atoms with E-state index in [-0.39, 0.29) is 18.6 Å². The molecule has 1 heterocycles. The highest BCUT2D eigenvalue weighted by Gasteiger charge is 2.20. The Kier molecular flexibility index (Phi) is 5.82. The molecule has 1 aromatic heterocycles. The van der Waals surface area contributed by atoms with Gasteiger partial charge in [0.15, 0.2) is 0 Å². The number of hydrogen-bond donors (Lipinski definition) is 2. The Morgan fingerprint density at radius 2 is 2.16 bits per heavy atom. The summed E-state index contributed by atoms with van der Waals surface area (Å²) in [6, 6.07) is 3.61. The number of hydrogen-bond acceptors (Lipinski definition) is 3. The van der Waals surface area contributed by atoms with Gasteiger partial charge >= 0.3 is 12.0 Å². The second kappa shape index (κ2) is 7.13. The zero-order valence-electron chi connectivity index (χ0n) is 11.4. The molecule has 0 saturated carbocycles. The molecular formula is C13H20N2O3S. The number of nitrogens with zero attached hydrogens (tertiary/aromatic N) is 1. The number of thiophene rings is 1. The minimum absolute atomic E-state index is 0.0679. The summed E-state index contributed by atoms with van der Waals surface area (Å²) in [5.41, 5.74) is 0. The second-order valence-electron chi connectivity index (χ2n) is 4.46. The number of carboxylic acid groups (broad SMARTS) is 1. The van der Waals surface area contributed by atoms with E-state index in [4.69, 9.17) is 5.11 Å². The summed E-state index contributed by atoms with van der Waals surface area (Å²) in [6.45, 7) is 6.05. The van der Waals surface area contributed by atoms with Gasteiger partial charge in [0.25, 0.3) is 0 Å². The maximum absolute atomic E-state index is 12.1. The third-order valence-electron chi connectivity index (χ3n) is 2.89. The van der Waals surface area contributed by atoms with Crippen LogP contribution in [-0.2, 0) is 4.79 Å². The molecule has 0 aliphatic rings. The highest BCUT2D eigenvalue weighted by molar-refractivity contribution is 7.10. The average Bonchev–Trinajstić information content (AvgIpc) is 2.88. The maximum atomic E-state index is 12.1. The zero-order chi connectivity index (χ0) is 14.4. The third kappa shape index (κ3) is 4.55. The molecule has 1 rings (SSSR count). The molecule has 0 aliphatic carbocycles. The van der Waals surface area contributed by atoms with Gasteiger partial charge in [-0.3, -0.25) is 4.79 Å². The molecule has 0 saturated heterocycles. The molecule has 2 amide bonds. The highest BCUT2D eigenvalue weighted by Crippen LogP contribution is 2.18. The number of amides is 2. The first-order chi connectivity index (χ1) is 8.95. The molecule has 1 aromatic rings. The average molecular weight is 284 g/mol. The molecule has 0 radical (unpaired) electrons. The van der Waals surface area contributed by atoms with Gasteiger partial charge in [0.2, 0.25) is 0 Å². The smallest absolute Gasteiger partial charge is 0.317 e. The number of carboxylic acids is 1. The molecule has 2 atom stereocenters. The summed E-state index contributed by atoms with van der Waals surface area (Å²) < 4.78 is 0. The third-order valence-corrected chi connectivity index (χ3v) is 3.95. The minimum Gasteiger partial charge on any atom is -0.481 e. The molecule has 106 valence electrons. The van der Waals surface area contributed by atoms with Crippen LogP contribution in [-0.4, -0.2) is 35.1 Å². The van der Waals surface area contributed by atoms with E-state index in [9.17, 15) is 9.59 Å². The van der Waals surface area contributed by atoms with Crippen molar-refractivity contribution in [2.75, 3.05) is 13.1 Å². The van der Waals surface area contributed by atoms with E-state index in [1.165, 1.54) is 4.90 Å². The van der Waals surface area contributed by atoms with Crippen LogP contribution >= 0.6 is 11.3 Å². The van der Waals surface area contributed by atoms with Crippen LogP contribution in [0.15, 0.2) is 17.5 Å². The predicted molar refractivity (Wildman–Crippen MR) is 75.3 cm³/mol. The number of aliphatic carboxylic acids is 1. The molecule has 0 bridgehead atoms. The van der Waals surface area contributed by atoms with Gasteiger partial charge in [-0.15, -0.1) is 11.3 Å². The van der Waals surface area contributed by atoms with Crippen LogP contribution in [0.3, 0.4) is 0 Å². The largest absolute Gasteiger partial charge is 0.481 e. The fraction of sp³-hybridized carbons (Fsp3) is 0.538. The van der Waals surface area contributed by atoms with Gasteiger partial charge in [0, 0.05) is 18.0 Å². The second-order valence-corrected chi connectivity index (χ2v) is 5.44. The van der Waals surface area contributed by atoms with E-state index < -0.39 is 11.9 Å². The van der Waals surface area contributed by atoms with Crippen molar-refractivity contribution >= 4 is 23.3 Å². The Morgan fingerprint density at radius 1 is 1.47 bits per heavy atom. The Morgan fingerprint density at radius 3 is 2.63 bits per heavy atom. The van der Waals surface area contributed by atoms with Crippen LogP contribution < -0.4 is 5.32 Å². The first kappa shape index (κ1) is 15.5. The van der Waals surface area contributed by atoms with Crippen LogP contribution in [0, 0.1) is 5.92 Å².